The minimum Gasteiger partial charge on any atom is -0.462 e. The molecule has 6 heteroatoms. The van der Waals surface area contributed by atoms with Crippen molar-refractivity contribution >= 4 is 17.9 Å². The van der Waals surface area contributed by atoms with Gasteiger partial charge in [-0.15, -0.1) is 0 Å². The highest BCUT2D eigenvalue weighted by Crippen LogP contribution is 2.17. The second kappa shape index (κ2) is 64.4. The Balaban J connectivity index is 4.22. The molecule has 0 radical (unpaired) electrons. The van der Waals surface area contributed by atoms with E-state index >= 15 is 0 Å². The summed E-state index contributed by atoms with van der Waals surface area (Å²) in [6.07, 6.45) is 83.5. The van der Waals surface area contributed by atoms with Crippen LogP contribution in [-0.4, -0.2) is 37.2 Å². The maximum Gasteiger partial charge on any atom is 0.306 e. The van der Waals surface area contributed by atoms with Gasteiger partial charge >= 0.3 is 17.9 Å². The van der Waals surface area contributed by atoms with Gasteiger partial charge in [0.15, 0.2) is 6.10 Å². The second-order valence-corrected chi connectivity index (χ2v) is 22.0. The van der Waals surface area contributed by atoms with E-state index in [0.717, 1.165) is 103 Å². The number of hydrogen-bond acceptors (Lipinski definition) is 6. The molecule has 76 heavy (non-hydrogen) atoms. The van der Waals surface area contributed by atoms with E-state index in [2.05, 4.69) is 93.7 Å². The summed E-state index contributed by atoms with van der Waals surface area (Å²) in [4.78, 5) is 38.3. The van der Waals surface area contributed by atoms with Crippen LogP contribution in [0.1, 0.15) is 335 Å². The largest absolute Gasteiger partial charge is 0.462 e. The highest BCUT2D eigenvalue weighted by atomic mass is 16.6. The van der Waals surface area contributed by atoms with Crippen molar-refractivity contribution in [3.8, 4) is 0 Å². The van der Waals surface area contributed by atoms with Gasteiger partial charge in [-0.05, 0) is 109 Å². The molecule has 6 nitrogen and oxygen atoms in total. The summed E-state index contributed by atoms with van der Waals surface area (Å²) in [5, 5.41) is 0. The summed E-state index contributed by atoms with van der Waals surface area (Å²) in [5.41, 5.74) is 0. The van der Waals surface area contributed by atoms with Gasteiger partial charge in [0.2, 0.25) is 0 Å². The lowest BCUT2D eigenvalue weighted by Crippen LogP contribution is -2.30. The fraction of sp³-hybridized carbons (Fsp3) is 0.786. The van der Waals surface area contributed by atoms with Crippen LogP contribution in [0, 0.1) is 0 Å². The number of hydrogen-bond donors (Lipinski definition) is 0. The molecule has 1 atom stereocenters. The third-order valence-corrected chi connectivity index (χ3v) is 14.4. The molecule has 0 heterocycles. The molecule has 0 aromatic carbocycles. The lowest BCUT2D eigenvalue weighted by atomic mass is 10.0. The number of carbonyl (C=O) groups is 3. The summed E-state index contributed by atoms with van der Waals surface area (Å²) in [5.74, 6) is -0.879. The average Bonchev–Trinajstić information content (AvgIpc) is 3.42. The first kappa shape index (κ1) is 72.8. The van der Waals surface area contributed by atoms with E-state index < -0.39 is 6.10 Å². The van der Waals surface area contributed by atoms with Crippen LogP contribution in [-0.2, 0) is 28.6 Å². The number of rotatable bonds is 60. The first-order valence-electron chi connectivity index (χ1n) is 32.9. The highest BCUT2D eigenvalue weighted by molar-refractivity contribution is 5.71. The van der Waals surface area contributed by atoms with Crippen LogP contribution in [0.2, 0.25) is 0 Å². The fourth-order valence-corrected chi connectivity index (χ4v) is 9.48. The normalized spacial score (nSPS) is 12.5. The number of unbranched alkanes of at least 4 members (excludes halogenated alkanes) is 37. The van der Waals surface area contributed by atoms with Crippen LogP contribution >= 0.6 is 0 Å². The van der Waals surface area contributed by atoms with Gasteiger partial charge in [0.05, 0.1) is 0 Å². The first-order valence-corrected chi connectivity index (χ1v) is 32.9. The zero-order valence-corrected chi connectivity index (χ0v) is 50.5. The van der Waals surface area contributed by atoms with Crippen molar-refractivity contribution in [1.29, 1.82) is 0 Å². The van der Waals surface area contributed by atoms with Crippen molar-refractivity contribution < 1.29 is 28.6 Å². The monoisotopic (exact) mass is 1060 g/mol. The van der Waals surface area contributed by atoms with Gasteiger partial charge in [-0.1, -0.05) is 280 Å². The molecule has 0 aromatic heterocycles. The van der Waals surface area contributed by atoms with E-state index in [1.54, 1.807) is 0 Å². The maximum absolute atomic E-state index is 12.9. The Bertz CT molecular complexity index is 1400. The summed E-state index contributed by atoms with van der Waals surface area (Å²) in [6.45, 7) is 6.54. The van der Waals surface area contributed by atoms with E-state index in [9.17, 15) is 14.4 Å². The zero-order valence-electron chi connectivity index (χ0n) is 50.5. The third-order valence-electron chi connectivity index (χ3n) is 14.4. The molecule has 0 aliphatic rings. The first-order chi connectivity index (χ1) is 37.5. The fourth-order valence-electron chi connectivity index (χ4n) is 9.48. The van der Waals surface area contributed by atoms with Crippen molar-refractivity contribution in [2.45, 2.75) is 341 Å². The maximum atomic E-state index is 12.9. The molecular formula is C70H124O6. The van der Waals surface area contributed by atoms with Gasteiger partial charge in [-0.2, -0.15) is 0 Å². The quantitative estimate of drug-likeness (QED) is 0.0261. The molecule has 1 unspecified atom stereocenters. The average molecular weight is 1060 g/mol. The van der Waals surface area contributed by atoms with Gasteiger partial charge in [0, 0.05) is 19.3 Å². The van der Waals surface area contributed by atoms with Crippen LogP contribution in [0.4, 0.5) is 0 Å². The minimum atomic E-state index is -0.782. The van der Waals surface area contributed by atoms with E-state index in [0.29, 0.717) is 19.3 Å². The summed E-state index contributed by atoms with van der Waals surface area (Å²) >= 11 is 0. The molecule has 0 spiro atoms. The van der Waals surface area contributed by atoms with E-state index in [4.69, 9.17) is 14.2 Å². The van der Waals surface area contributed by atoms with Crippen LogP contribution in [0.15, 0.2) is 72.9 Å². The molecule has 0 saturated carbocycles. The molecule has 440 valence electrons. The third kappa shape index (κ3) is 61.7. The SMILES string of the molecule is CC/C=C\C/C=C\C/C=C\C/C=C\CCCCCCCCCCCCCCCCCCC(=O)OCC(COC(=O)CCCCCCC/C=C\CCCCCCC)OC(=O)CCCCCCC/C=C\CCCCCCCC. The van der Waals surface area contributed by atoms with Crippen LogP contribution in [0.5, 0.6) is 0 Å². The number of esters is 3. The van der Waals surface area contributed by atoms with E-state index in [-0.39, 0.29) is 31.1 Å². The predicted octanol–water partition coefficient (Wildman–Crippen LogP) is 22.5. The molecule has 0 N–H and O–H groups in total. The van der Waals surface area contributed by atoms with Crippen LogP contribution in [0.3, 0.4) is 0 Å². The lowest BCUT2D eigenvalue weighted by Gasteiger charge is -2.18. The number of allylic oxidation sites excluding steroid dienone is 12. The smallest absolute Gasteiger partial charge is 0.306 e. The lowest BCUT2D eigenvalue weighted by molar-refractivity contribution is -0.167. The van der Waals surface area contributed by atoms with Crippen molar-refractivity contribution in [1.82, 2.24) is 0 Å². The summed E-state index contributed by atoms with van der Waals surface area (Å²) in [6, 6.07) is 0. The van der Waals surface area contributed by atoms with E-state index in [1.165, 1.54) is 193 Å². The Kier molecular flexibility index (Phi) is 61.7. The van der Waals surface area contributed by atoms with Crippen LogP contribution in [0.25, 0.3) is 0 Å². The van der Waals surface area contributed by atoms with Gasteiger partial charge in [0.1, 0.15) is 13.2 Å². The predicted molar refractivity (Wildman–Crippen MR) is 330 cm³/mol. The Morgan fingerprint density at radius 2 is 0.513 bits per heavy atom. The standard InChI is InChI=1S/C70H124O6/c1-4-7-10-13-16-19-22-25-28-29-30-31-32-33-34-35-36-37-38-39-40-41-43-45-48-51-54-57-60-63-69(72)75-66-67(65-74-68(71)62-59-56-53-50-47-44-27-24-21-18-15-12-9-6-3)76-70(73)64-61-58-55-52-49-46-42-26-23-20-17-14-11-8-5-2/h7,10,16,19,24-28,30-31,42,67H,4-6,8-9,11-15,17-18,20-23,29,32-41,43-66H2,1-3H3/b10-7-,19-16-,27-24-,28-25-,31-30-,42-26-. The van der Waals surface area contributed by atoms with Crippen molar-refractivity contribution in [2.24, 2.45) is 0 Å². The molecule has 0 aromatic rings. The van der Waals surface area contributed by atoms with Crippen LogP contribution < -0.4 is 0 Å². The summed E-state index contributed by atoms with van der Waals surface area (Å²) < 4.78 is 16.9. The summed E-state index contributed by atoms with van der Waals surface area (Å²) in [7, 11) is 0. The molecule has 0 bridgehead atoms. The topological polar surface area (TPSA) is 78.9 Å². The van der Waals surface area contributed by atoms with Crippen molar-refractivity contribution in [3.63, 3.8) is 0 Å². The molecule has 0 aliphatic heterocycles. The minimum absolute atomic E-state index is 0.0781. The molecule has 0 amide bonds. The van der Waals surface area contributed by atoms with Gasteiger partial charge in [0.25, 0.3) is 0 Å². The van der Waals surface area contributed by atoms with Crippen molar-refractivity contribution in [3.05, 3.63) is 72.9 Å². The zero-order chi connectivity index (χ0) is 55.0. The Labute approximate surface area is 472 Å². The Morgan fingerprint density at radius 3 is 0.816 bits per heavy atom. The highest BCUT2D eigenvalue weighted by Gasteiger charge is 2.19. The van der Waals surface area contributed by atoms with Gasteiger partial charge < -0.3 is 14.2 Å². The molecular weight excluding hydrogens is 937 g/mol. The molecule has 0 fully saturated rings. The number of ether oxygens (including phenoxy) is 3. The Morgan fingerprint density at radius 1 is 0.276 bits per heavy atom. The molecule has 0 saturated heterocycles. The molecule has 0 rings (SSSR count). The van der Waals surface area contributed by atoms with Gasteiger partial charge in [-0.3, -0.25) is 14.4 Å². The second-order valence-electron chi connectivity index (χ2n) is 22.0. The van der Waals surface area contributed by atoms with Gasteiger partial charge in [-0.25, -0.2) is 0 Å². The van der Waals surface area contributed by atoms with Crippen molar-refractivity contribution in [2.75, 3.05) is 13.2 Å². The number of carbonyl (C=O) groups excluding carboxylic acids is 3. The van der Waals surface area contributed by atoms with E-state index in [1.807, 2.05) is 0 Å². The Hall–Kier alpha value is -3.15. The molecule has 0 aliphatic carbocycles.